The highest BCUT2D eigenvalue weighted by molar-refractivity contribution is 5.90. The second-order valence-electron chi connectivity index (χ2n) is 4.96. The molecule has 0 unspecified atom stereocenters. The number of rotatable bonds is 2. The highest BCUT2D eigenvalue weighted by Crippen LogP contribution is 2.35. The van der Waals surface area contributed by atoms with Crippen molar-refractivity contribution in [1.29, 1.82) is 0 Å². The van der Waals surface area contributed by atoms with Crippen LogP contribution in [0.3, 0.4) is 0 Å². The zero-order valence-corrected chi connectivity index (χ0v) is 11.4. The highest BCUT2D eigenvalue weighted by atomic mass is 16.5. The molecule has 4 heteroatoms. The summed E-state index contributed by atoms with van der Waals surface area (Å²) in [5, 5.41) is 9.18. The van der Waals surface area contributed by atoms with E-state index in [-0.39, 0.29) is 5.56 Å². The van der Waals surface area contributed by atoms with Gasteiger partial charge in [-0.1, -0.05) is 6.07 Å². The van der Waals surface area contributed by atoms with Gasteiger partial charge >= 0.3 is 5.97 Å². The first-order chi connectivity index (χ1) is 9.60. The maximum Gasteiger partial charge on any atom is 0.337 e. The Kier molecular flexibility index (Phi) is 2.93. The third-order valence-electron chi connectivity index (χ3n) is 3.76. The molecule has 1 aliphatic rings. The van der Waals surface area contributed by atoms with Crippen molar-refractivity contribution in [3.8, 4) is 17.0 Å². The van der Waals surface area contributed by atoms with Crippen molar-refractivity contribution < 1.29 is 14.6 Å². The smallest absolute Gasteiger partial charge is 0.337 e. The molecule has 0 saturated carbocycles. The molecule has 1 aromatic carbocycles. The summed E-state index contributed by atoms with van der Waals surface area (Å²) in [7, 11) is 1.64. The quantitative estimate of drug-likeness (QED) is 0.910. The predicted molar refractivity (Wildman–Crippen MR) is 75.3 cm³/mol. The van der Waals surface area contributed by atoms with Gasteiger partial charge in [-0.25, -0.2) is 4.79 Å². The summed E-state index contributed by atoms with van der Waals surface area (Å²) < 4.78 is 5.27. The van der Waals surface area contributed by atoms with Gasteiger partial charge in [-0.15, -0.1) is 0 Å². The van der Waals surface area contributed by atoms with Crippen LogP contribution in [0, 0.1) is 6.92 Å². The van der Waals surface area contributed by atoms with Crippen LogP contribution in [0.1, 0.15) is 27.2 Å². The third kappa shape index (κ3) is 1.93. The van der Waals surface area contributed by atoms with Crippen LogP contribution in [0.15, 0.2) is 24.3 Å². The summed E-state index contributed by atoms with van der Waals surface area (Å²) in [6, 6.07) is 7.73. The van der Waals surface area contributed by atoms with Gasteiger partial charge < -0.3 is 9.84 Å². The van der Waals surface area contributed by atoms with Gasteiger partial charge in [-0.3, -0.25) is 4.98 Å². The standard InChI is InChI=1S/C16H15NO3/c1-9-13(16(18)19)7-11-4-3-10-5-6-12(20-2)8-14(10)15(11)17-9/h5-8H,3-4H2,1-2H3,(H,18,19). The monoisotopic (exact) mass is 269 g/mol. The molecular weight excluding hydrogens is 254 g/mol. The summed E-state index contributed by atoms with van der Waals surface area (Å²) in [4.78, 5) is 15.7. The lowest BCUT2D eigenvalue weighted by Crippen LogP contribution is -2.11. The number of aryl methyl sites for hydroxylation is 3. The first kappa shape index (κ1) is 12.7. The van der Waals surface area contributed by atoms with Crippen molar-refractivity contribution in [2.45, 2.75) is 19.8 Å². The van der Waals surface area contributed by atoms with Gasteiger partial charge in [-0.05, 0) is 49.1 Å². The largest absolute Gasteiger partial charge is 0.497 e. The van der Waals surface area contributed by atoms with Crippen molar-refractivity contribution in [2.75, 3.05) is 7.11 Å². The molecule has 0 fully saturated rings. The summed E-state index contributed by atoms with van der Waals surface area (Å²) in [5.41, 5.74) is 4.99. The molecule has 2 aromatic rings. The fourth-order valence-electron chi connectivity index (χ4n) is 2.68. The van der Waals surface area contributed by atoms with E-state index in [2.05, 4.69) is 11.1 Å². The number of aromatic nitrogens is 1. The van der Waals surface area contributed by atoms with E-state index >= 15 is 0 Å². The lowest BCUT2D eigenvalue weighted by Gasteiger charge is -2.20. The topological polar surface area (TPSA) is 59.4 Å². The zero-order chi connectivity index (χ0) is 14.3. The Labute approximate surface area is 117 Å². The first-order valence-electron chi connectivity index (χ1n) is 6.51. The van der Waals surface area contributed by atoms with E-state index in [0.717, 1.165) is 35.4 Å². The lowest BCUT2D eigenvalue weighted by atomic mass is 9.88. The van der Waals surface area contributed by atoms with Crippen LogP contribution in [0.4, 0.5) is 0 Å². The van der Waals surface area contributed by atoms with E-state index < -0.39 is 5.97 Å². The summed E-state index contributed by atoms with van der Waals surface area (Å²) in [6.45, 7) is 1.73. The number of carboxylic acid groups (broad SMARTS) is 1. The molecule has 0 atom stereocenters. The van der Waals surface area contributed by atoms with Crippen LogP contribution < -0.4 is 4.74 Å². The number of carboxylic acids is 1. The second kappa shape index (κ2) is 4.63. The Bertz CT molecular complexity index is 707. The van der Waals surface area contributed by atoms with E-state index in [1.165, 1.54) is 5.56 Å². The summed E-state index contributed by atoms with van der Waals surface area (Å²) >= 11 is 0. The molecule has 4 nitrogen and oxygen atoms in total. The van der Waals surface area contributed by atoms with Crippen LogP contribution in [0.5, 0.6) is 5.75 Å². The molecule has 3 rings (SSSR count). The Balaban J connectivity index is 2.21. The van der Waals surface area contributed by atoms with Crippen LogP contribution in [0.2, 0.25) is 0 Å². The molecule has 20 heavy (non-hydrogen) atoms. The summed E-state index contributed by atoms with van der Waals surface area (Å²) in [6.07, 6.45) is 1.72. The van der Waals surface area contributed by atoms with Crippen molar-refractivity contribution in [3.63, 3.8) is 0 Å². The number of carbonyl (C=O) groups is 1. The molecule has 1 N–H and O–H groups in total. The number of benzene rings is 1. The normalized spacial score (nSPS) is 12.5. The first-order valence-corrected chi connectivity index (χ1v) is 6.51. The number of hydrogen-bond acceptors (Lipinski definition) is 3. The molecule has 1 heterocycles. The lowest BCUT2D eigenvalue weighted by molar-refractivity contribution is 0.0695. The van der Waals surface area contributed by atoms with Gasteiger partial charge in [0.15, 0.2) is 0 Å². The molecular formula is C16H15NO3. The fraction of sp³-hybridized carbons (Fsp3) is 0.250. The van der Waals surface area contributed by atoms with E-state index in [0.29, 0.717) is 5.69 Å². The van der Waals surface area contributed by atoms with Gasteiger partial charge in [-0.2, -0.15) is 0 Å². The summed E-state index contributed by atoms with van der Waals surface area (Å²) in [5.74, 6) is -0.132. The molecule has 0 bridgehead atoms. The molecule has 0 spiro atoms. The number of aromatic carboxylic acids is 1. The Hall–Kier alpha value is -2.36. The zero-order valence-electron chi connectivity index (χ0n) is 11.4. The number of pyridine rings is 1. The number of hydrogen-bond donors (Lipinski definition) is 1. The minimum Gasteiger partial charge on any atom is -0.497 e. The van der Waals surface area contributed by atoms with Gasteiger partial charge in [0.05, 0.1) is 24.1 Å². The van der Waals surface area contributed by atoms with E-state index in [4.69, 9.17) is 4.74 Å². The number of nitrogens with zero attached hydrogens (tertiary/aromatic N) is 1. The highest BCUT2D eigenvalue weighted by Gasteiger charge is 2.21. The van der Waals surface area contributed by atoms with Crippen molar-refractivity contribution in [2.24, 2.45) is 0 Å². The van der Waals surface area contributed by atoms with Crippen LogP contribution in [0.25, 0.3) is 11.3 Å². The number of ether oxygens (including phenoxy) is 1. The van der Waals surface area contributed by atoms with Gasteiger partial charge in [0.25, 0.3) is 0 Å². The molecule has 0 radical (unpaired) electrons. The minimum atomic E-state index is -0.922. The maximum atomic E-state index is 11.2. The third-order valence-corrected chi connectivity index (χ3v) is 3.76. The van der Waals surface area contributed by atoms with Crippen LogP contribution in [-0.2, 0) is 12.8 Å². The van der Waals surface area contributed by atoms with E-state index in [1.807, 2.05) is 12.1 Å². The second-order valence-corrected chi connectivity index (χ2v) is 4.96. The average molecular weight is 269 g/mol. The predicted octanol–water partition coefficient (Wildman–Crippen LogP) is 2.86. The fourth-order valence-corrected chi connectivity index (χ4v) is 2.68. The van der Waals surface area contributed by atoms with Crippen molar-refractivity contribution in [3.05, 3.63) is 46.6 Å². The molecule has 0 amide bonds. The van der Waals surface area contributed by atoms with Gasteiger partial charge in [0.2, 0.25) is 0 Å². The Morgan fingerprint density at radius 3 is 2.70 bits per heavy atom. The van der Waals surface area contributed by atoms with Crippen molar-refractivity contribution in [1.82, 2.24) is 4.98 Å². The van der Waals surface area contributed by atoms with E-state index in [9.17, 15) is 9.90 Å². The maximum absolute atomic E-state index is 11.2. The minimum absolute atomic E-state index is 0.287. The SMILES string of the molecule is COc1ccc2c(c1)-c1nc(C)c(C(=O)O)cc1CC2. The Morgan fingerprint density at radius 2 is 2.00 bits per heavy atom. The van der Waals surface area contributed by atoms with E-state index in [1.54, 1.807) is 20.1 Å². The Morgan fingerprint density at radius 1 is 1.25 bits per heavy atom. The van der Waals surface area contributed by atoms with Crippen LogP contribution >= 0.6 is 0 Å². The van der Waals surface area contributed by atoms with Crippen molar-refractivity contribution >= 4 is 5.97 Å². The van der Waals surface area contributed by atoms with Gasteiger partial charge in [0, 0.05) is 5.56 Å². The molecule has 102 valence electrons. The molecule has 1 aromatic heterocycles. The number of methoxy groups -OCH3 is 1. The average Bonchev–Trinajstić information content (AvgIpc) is 2.45. The molecule has 0 aliphatic heterocycles. The molecule has 0 saturated heterocycles. The van der Waals surface area contributed by atoms with Crippen LogP contribution in [-0.4, -0.2) is 23.2 Å². The number of fused-ring (bicyclic) bond motifs is 3. The molecule has 1 aliphatic carbocycles. The van der Waals surface area contributed by atoms with Gasteiger partial charge in [0.1, 0.15) is 5.75 Å².